The van der Waals surface area contributed by atoms with Crippen molar-refractivity contribution < 1.29 is 19.4 Å². The van der Waals surface area contributed by atoms with E-state index in [0.717, 1.165) is 22.3 Å². The molecule has 1 saturated heterocycles. The lowest BCUT2D eigenvalue weighted by Crippen LogP contribution is -2.29. The van der Waals surface area contributed by atoms with Crippen LogP contribution in [0.1, 0.15) is 60.5 Å². The average molecular weight is 470 g/mol. The summed E-state index contributed by atoms with van der Waals surface area (Å²) in [5, 5.41) is 11.3. The first-order valence-corrected chi connectivity index (χ1v) is 11.9. The predicted molar refractivity (Wildman–Crippen MR) is 139 cm³/mol. The quantitative estimate of drug-likeness (QED) is 0.256. The second kappa shape index (κ2) is 9.79. The number of carbonyl (C=O) groups is 2. The van der Waals surface area contributed by atoms with Crippen LogP contribution in [0.5, 0.6) is 5.75 Å². The molecule has 5 nitrogen and oxygen atoms in total. The molecule has 4 rings (SSSR count). The molecule has 0 aromatic heterocycles. The molecule has 0 aliphatic carbocycles. The minimum absolute atomic E-state index is 0.0874. The summed E-state index contributed by atoms with van der Waals surface area (Å²) < 4.78 is 5.54. The van der Waals surface area contributed by atoms with Crippen molar-refractivity contribution in [3.8, 4) is 5.75 Å². The van der Waals surface area contributed by atoms with Gasteiger partial charge in [0.2, 0.25) is 0 Å². The molecule has 0 spiro atoms. The van der Waals surface area contributed by atoms with E-state index < -0.39 is 17.7 Å². The lowest BCUT2D eigenvalue weighted by atomic mass is 9.92. The van der Waals surface area contributed by atoms with Crippen molar-refractivity contribution in [1.29, 1.82) is 0 Å². The van der Waals surface area contributed by atoms with E-state index in [-0.39, 0.29) is 11.3 Å². The Bertz CT molecular complexity index is 1290. The Kier molecular flexibility index (Phi) is 6.79. The Labute approximate surface area is 206 Å². The number of hydrogen-bond donors (Lipinski definition) is 1. The first-order chi connectivity index (χ1) is 16.7. The average Bonchev–Trinajstić information content (AvgIpc) is 3.11. The van der Waals surface area contributed by atoms with Crippen molar-refractivity contribution in [2.45, 2.75) is 46.6 Å². The van der Waals surface area contributed by atoms with Crippen LogP contribution in [0.4, 0.5) is 5.69 Å². The van der Waals surface area contributed by atoms with Gasteiger partial charge in [-0.05, 0) is 79.3 Å². The molecule has 1 amide bonds. The molecule has 1 fully saturated rings. The van der Waals surface area contributed by atoms with Crippen molar-refractivity contribution in [3.05, 3.63) is 100 Å². The minimum atomic E-state index is -0.754. The van der Waals surface area contributed by atoms with Gasteiger partial charge in [0.25, 0.3) is 11.7 Å². The molecule has 180 valence electrons. The Balaban J connectivity index is 1.89. The number of aryl methyl sites for hydroxylation is 2. The fraction of sp³-hybridized carbons (Fsp3) is 0.267. The molecule has 3 aromatic rings. The summed E-state index contributed by atoms with van der Waals surface area (Å²) in [5.74, 6) is -0.513. The summed E-state index contributed by atoms with van der Waals surface area (Å²) in [6, 6.07) is 19.7. The predicted octanol–water partition coefficient (Wildman–Crippen LogP) is 6.45. The molecule has 1 N–H and O–H groups in total. The number of anilines is 1. The summed E-state index contributed by atoms with van der Waals surface area (Å²) >= 11 is 0. The molecule has 3 aromatic carbocycles. The molecule has 1 aliphatic heterocycles. The lowest BCUT2D eigenvalue weighted by Gasteiger charge is -2.26. The number of Topliss-reactive ketones (excluding diaryl/α,β-unsaturated/α-hetero) is 1. The number of benzene rings is 3. The first-order valence-electron chi connectivity index (χ1n) is 11.9. The van der Waals surface area contributed by atoms with Gasteiger partial charge in [0.05, 0.1) is 18.2 Å². The van der Waals surface area contributed by atoms with Gasteiger partial charge in [0, 0.05) is 11.3 Å². The third-order valence-corrected chi connectivity index (χ3v) is 6.57. The van der Waals surface area contributed by atoms with Gasteiger partial charge in [0.1, 0.15) is 11.5 Å². The zero-order chi connectivity index (χ0) is 25.3. The van der Waals surface area contributed by atoms with Gasteiger partial charge >= 0.3 is 0 Å². The highest BCUT2D eigenvalue weighted by Crippen LogP contribution is 2.42. The Morgan fingerprint density at radius 3 is 2.17 bits per heavy atom. The Hall–Kier alpha value is -3.86. The van der Waals surface area contributed by atoms with Crippen LogP contribution in [0.25, 0.3) is 5.76 Å². The van der Waals surface area contributed by atoms with Crippen LogP contribution >= 0.6 is 0 Å². The van der Waals surface area contributed by atoms with E-state index in [1.54, 1.807) is 30.3 Å². The van der Waals surface area contributed by atoms with Crippen LogP contribution in [-0.2, 0) is 9.59 Å². The van der Waals surface area contributed by atoms with Crippen molar-refractivity contribution >= 4 is 23.1 Å². The molecular weight excluding hydrogens is 438 g/mol. The molecule has 35 heavy (non-hydrogen) atoms. The summed E-state index contributed by atoms with van der Waals surface area (Å²) in [5.41, 5.74) is 5.15. The highest BCUT2D eigenvalue weighted by molar-refractivity contribution is 6.51. The zero-order valence-electron chi connectivity index (χ0n) is 20.8. The van der Waals surface area contributed by atoms with Gasteiger partial charge < -0.3 is 9.84 Å². The number of aliphatic hydroxyl groups excluding tert-OH is 1. The summed E-state index contributed by atoms with van der Waals surface area (Å²) in [7, 11) is 0. The lowest BCUT2D eigenvalue weighted by molar-refractivity contribution is -0.132. The van der Waals surface area contributed by atoms with Crippen LogP contribution in [0.2, 0.25) is 0 Å². The fourth-order valence-electron chi connectivity index (χ4n) is 4.39. The third kappa shape index (κ3) is 4.59. The van der Waals surface area contributed by atoms with Crippen molar-refractivity contribution in [2.75, 3.05) is 11.5 Å². The second-order valence-corrected chi connectivity index (χ2v) is 9.22. The standard InChI is InChI=1S/C30H31NO4/c1-6-35-25-15-13-24(14-16-25)31-27(22-11-9-21(10-12-22)18(2)3)26(29(33)30(31)34)28(32)23-8-7-19(4)20(5)17-23/h7-18,27,32H,6H2,1-5H3/b28-26-. The van der Waals surface area contributed by atoms with E-state index in [4.69, 9.17) is 4.74 Å². The maximum atomic E-state index is 13.4. The van der Waals surface area contributed by atoms with E-state index in [0.29, 0.717) is 29.5 Å². The second-order valence-electron chi connectivity index (χ2n) is 9.22. The normalized spacial score (nSPS) is 17.3. The highest BCUT2D eigenvalue weighted by Gasteiger charge is 2.47. The van der Waals surface area contributed by atoms with E-state index in [2.05, 4.69) is 13.8 Å². The van der Waals surface area contributed by atoms with Crippen LogP contribution in [0.3, 0.4) is 0 Å². The number of rotatable bonds is 6. The van der Waals surface area contributed by atoms with Crippen LogP contribution in [-0.4, -0.2) is 23.4 Å². The van der Waals surface area contributed by atoms with Gasteiger partial charge in [0.15, 0.2) is 0 Å². The number of ketones is 1. The largest absolute Gasteiger partial charge is 0.507 e. The van der Waals surface area contributed by atoms with Gasteiger partial charge in [-0.25, -0.2) is 0 Å². The molecule has 5 heteroatoms. The summed E-state index contributed by atoms with van der Waals surface area (Å²) in [4.78, 5) is 28.2. The summed E-state index contributed by atoms with van der Waals surface area (Å²) in [6.07, 6.45) is 0. The fourth-order valence-corrected chi connectivity index (χ4v) is 4.39. The highest BCUT2D eigenvalue weighted by atomic mass is 16.5. The number of ether oxygens (including phenoxy) is 1. The molecule has 1 unspecified atom stereocenters. The van der Waals surface area contributed by atoms with Crippen molar-refractivity contribution in [1.82, 2.24) is 0 Å². The SMILES string of the molecule is CCOc1ccc(N2C(=O)C(=O)/C(=C(\O)c3ccc(C)c(C)c3)C2c2ccc(C(C)C)cc2)cc1. The minimum Gasteiger partial charge on any atom is -0.507 e. The van der Waals surface area contributed by atoms with Crippen molar-refractivity contribution in [2.24, 2.45) is 0 Å². The van der Waals surface area contributed by atoms with Gasteiger partial charge in [-0.2, -0.15) is 0 Å². The van der Waals surface area contributed by atoms with E-state index in [1.807, 2.05) is 57.2 Å². The van der Waals surface area contributed by atoms with Crippen LogP contribution in [0.15, 0.2) is 72.3 Å². The number of hydrogen-bond acceptors (Lipinski definition) is 4. The van der Waals surface area contributed by atoms with Gasteiger partial charge in [-0.1, -0.05) is 50.2 Å². The summed E-state index contributed by atoms with van der Waals surface area (Å²) in [6.45, 7) is 10.6. The van der Waals surface area contributed by atoms with Crippen LogP contribution < -0.4 is 9.64 Å². The Morgan fingerprint density at radius 2 is 1.60 bits per heavy atom. The van der Waals surface area contributed by atoms with E-state index in [9.17, 15) is 14.7 Å². The van der Waals surface area contributed by atoms with E-state index >= 15 is 0 Å². The Morgan fingerprint density at radius 1 is 0.943 bits per heavy atom. The smallest absolute Gasteiger partial charge is 0.300 e. The molecule has 1 atom stereocenters. The molecule has 1 aliphatic rings. The maximum Gasteiger partial charge on any atom is 0.300 e. The monoisotopic (exact) mass is 469 g/mol. The number of aliphatic hydroxyl groups is 1. The first kappa shape index (κ1) is 24.3. The molecule has 0 radical (unpaired) electrons. The number of nitrogens with zero attached hydrogens (tertiary/aromatic N) is 1. The zero-order valence-corrected chi connectivity index (χ0v) is 20.8. The van der Waals surface area contributed by atoms with E-state index in [1.165, 1.54) is 4.90 Å². The van der Waals surface area contributed by atoms with Crippen LogP contribution in [0, 0.1) is 13.8 Å². The third-order valence-electron chi connectivity index (χ3n) is 6.57. The molecular formula is C30H31NO4. The molecule has 0 bridgehead atoms. The van der Waals surface area contributed by atoms with Crippen molar-refractivity contribution in [3.63, 3.8) is 0 Å². The van der Waals surface area contributed by atoms with Gasteiger partial charge in [-0.15, -0.1) is 0 Å². The number of carbonyl (C=O) groups excluding carboxylic acids is 2. The number of amides is 1. The topological polar surface area (TPSA) is 66.8 Å². The molecule has 0 saturated carbocycles. The maximum absolute atomic E-state index is 13.4. The molecule has 1 heterocycles. The van der Waals surface area contributed by atoms with Gasteiger partial charge in [-0.3, -0.25) is 14.5 Å².